The minimum atomic E-state index is 0. The van der Waals surface area contributed by atoms with E-state index >= 15 is 0 Å². The van der Waals surface area contributed by atoms with E-state index in [9.17, 15) is 0 Å². The number of halogens is 4. The van der Waals surface area contributed by atoms with Gasteiger partial charge in [-0.1, -0.05) is 25.7 Å². The molecule has 0 aromatic rings. The molecule has 6 N–H and O–H groups in total. The predicted octanol–water partition coefficient (Wildman–Crippen LogP) is 2.89. The molecule has 0 unspecified atom stereocenters. The van der Waals surface area contributed by atoms with Crippen LogP contribution in [0.4, 0.5) is 0 Å². The molecule has 0 atom stereocenters. The first-order valence-corrected chi connectivity index (χ1v) is 7.73. The van der Waals surface area contributed by atoms with Crippen molar-refractivity contribution in [3.63, 3.8) is 0 Å². The maximum absolute atomic E-state index is 5.42. The SMILES string of the molecule is Cl.Cl.Cl.Cl.NCCCNCCCCCCCCNCCCN. The van der Waals surface area contributed by atoms with Crippen LogP contribution in [0.5, 0.6) is 0 Å². The molecule has 0 aliphatic carbocycles. The minimum Gasteiger partial charge on any atom is -0.330 e. The van der Waals surface area contributed by atoms with Gasteiger partial charge in [-0.2, -0.15) is 0 Å². The van der Waals surface area contributed by atoms with Gasteiger partial charge in [-0.25, -0.2) is 0 Å². The molecule has 0 radical (unpaired) electrons. The molecule has 0 spiro atoms. The van der Waals surface area contributed by atoms with Crippen LogP contribution in [0, 0.1) is 0 Å². The van der Waals surface area contributed by atoms with E-state index in [0.717, 1.165) is 52.1 Å². The topological polar surface area (TPSA) is 76.1 Å². The van der Waals surface area contributed by atoms with E-state index in [2.05, 4.69) is 10.6 Å². The number of nitrogens with two attached hydrogens (primary N) is 2. The quantitative estimate of drug-likeness (QED) is 0.317. The molecule has 0 aromatic heterocycles. The molecular weight excluding hydrogens is 366 g/mol. The number of hydrogen-bond donors (Lipinski definition) is 4. The Morgan fingerprint density at radius 1 is 0.409 bits per heavy atom. The van der Waals surface area contributed by atoms with Crippen molar-refractivity contribution in [2.45, 2.75) is 51.4 Å². The van der Waals surface area contributed by atoms with Crippen molar-refractivity contribution in [2.75, 3.05) is 39.3 Å². The van der Waals surface area contributed by atoms with Gasteiger partial charge in [-0.15, -0.1) is 49.6 Å². The largest absolute Gasteiger partial charge is 0.330 e. The highest BCUT2D eigenvalue weighted by molar-refractivity contribution is 5.86. The number of rotatable bonds is 15. The second kappa shape index (κ2) is 33.6. The van der Waals surface area contributed by atoms with Gasteiger partial charge >= 0.3 is 0 Å². The lowest BCUT2D eigenvalue weighted by atomic mass is 10.1. The van der Waals surface area contributed by atoms with E-state index in [4.69, 9.17) is 11.5 Å². The average Bonchev–Trinajstić information content (AvgIpc) is 2.39. The molecular formula is C14H38Cl4N4. The summed E-state index contributed by atoms with van der Waals surface area (Å²) in [7, 11) is 0. The smallest absolute Gasteiger partial charge is 0.00369 e. The summed E-state index contributed by atoms with van der Waals surface area (Å²) in [5, 5.41) is 6.83. The number of hydrogen-bond acceptors (Lipinski definition) is 4. The Morgan fingerprint density at radius 2 is 0.682 bits per heavy atom. The van der Waals surface area contributed by atoms with Gasteiger partial charge in [0.05, 0.1) is 0 Å². The molecule has 142 valence electrons. The van der Waals surface area contributed by atoms with Crippen molar-refractivity contribution in [1.82, 2.24) is 10.6 Å². The van der Waals surface area contributed by atoms with E-state index in [1.807, 2.05) is 0 Å². The summed E-state index contributed by atoms with van der Waals surface area (Å²) in [4.78, 5) is 0. The molecule has 4 nitrogen and oxygen atoms in total. The van der Waals surface area contributed by atoms with Gasteiger partial charge in [0.15, 0.2) is 0 Å². The highest BCUT2D eigenvalue weighted by Gasteiger charge is 1.92. The number of nitrogens with one attached hydrogen (secondary N) is 2. The molecule has 0 heterocycles. The summed E-state index contributed by atoms with van der Waals surface area (Å²) in [6.45, 7) is 6.05. The molecule has 0 aromatic carbocycles. The fraction of sp³-hybridized carbons (Fsp3) is 1.00. The van der Waals surface area contributed by atoms with Crippen molar-refractivity contribution in [2.24, 2.45) is 11.5 Å². The zero-order chi connectivity index (χ0) is 13.3. The van der Waals surface area contributed by atoms with Gasteiger partial charge in [-0.05, 0) is 65.0 Å². The lowest BCUT2D eigenvalue weighted by molar-refractivity contribution is 0.545. The Balaban J connectivity index is -0.000000241. The highest BCUT2D eigenvalue weighted by Crippen LogP contribution is 2.04. The van der Waals surface area contributed by atoms with E-state index in [0.29, 0.717) is 0 Å². The maximum atomic E-state index is 5.42. The summed E-state index contributed by atoms with van der Waals surface area (Å²) in [5.74, 6) is 0. The van der Waals surface area contributed by atoms with Crippen LogP contribution in [0.1, 0.15) is 51.4 Å². The first-order chi connectivity index (χ1) is 8.91. The first-order valence-electron chi connectivity index (χ1n) is 7.73. The molecule has 0 rings (SSSR count). The lowest BCUT2D eigenvalue weighted by Crippen LogP contribution is -2.19. The molecule has 0 amide bonds. The molecule has 0 saturated carbocycles. The van der Waals surface area contributed by atoms with Crippen LogP contribution in [0.25, 0.3) is 0 Å². The van der Waals surface area contributed by atoms with E-state index in [1.54, 1.807) is 0 Å². The normalized spacial score (nSPS) is 9.00. The fourth-order valence-electron chi connectivity index (χ4n) is 1.91. The molecule has 8 heteroatoms. The van der Waals surface area contributed by atoms with Gasteiger partial charge in [0.1, 0.15) is 0 Å². The lowest BCUT2D eigenvalue weighted by Gasteiger charge is -2.05. The average molecular weight is 404 g/mol. The van der Waals surface area contributed by atoms with Gasteiger partial charge in [0.2, 0.25) is 0 Å². The second-order valence-electron chi connectivity index (χ2n) is 4.91. The summed E-state index contributed by atoms with van der Waals surface area (Å²) in [6, 6.07) is 0. The van der Waals surface area contributed by atoms with Crippen molar-refractivity contribution >= 4 is 49.6 Å². The third kappa shape index (κ3) is 32.8. The summed E-state index contributed by atoms with van der Waals surface area (Å²) < 4.78 is 0. The zero-order valence-corrected chi connectivity index (χ0v) is 17.0. The molecule has 0 bridgehead atoms. The molecule has 0 aliphatic rings. The Hall–Kier alpha value is 1.000. The third-order valence-corrected chi connectivity index (χ3v) is 3.07. The van der Waals surface area contributed by atoms with E-state index in [-0.39, 0.29) is 49.6 Å². The standard InChI is InChI=1S/C14H34N4.4ClH/c15-9-7-13-17-11-5-3-1-2-4-6-12-18-14-8-10-16;;;;/h17-18H,1-16H2;4*1H. The van der Waals surface area contributed by atoms with Gasteiger partial charge in [-0.3, -0.25) is 0 Å². The van der Waals surface area contributed by atoms with Gasteiger partial charge in [0, 0.05) is 0 Å². The summed E-state index contributed by atoms with van der Waals surface area (Å²) in [5.41, 5.74) is 10.8. The maximum Gasteiger partial charge on any atom is -0.00369 e. The van der Waals surface area contributed by atoms with Crippen LogP contribution < -0.4 is 22.1 Å². The third-order valence-electron chi connectivity index (χ3n) is 3.07. The Kier molecular flexibility index (Phi) is 52.4. The fourth-order valence-corrected chi connectivity index (χ4v) is 1.91. The monoisotopic (exact) mass is 402 g/mol. The van der Waals surface area contributed by atoms with E-state index < -0.39 is 0 Å². The van der Waals surface area contributed by atoms with Gasteiger partial charge in [0.25, 0.3) is 0 Å². The molecule has 22 heavy (non-hydrogen) atoms. The number of unbranched alkanes of at least 4 members (excludes halogenated alkanes) is 5. The second-order valence-corrected chi connectivity index (χ2v) is 4.91. The first kappa shape index (κ1) is 34.4. The molecule has 0 saturated heterocycles. The van der Waals surface area contributed by atoms with Crippen LogP contribution >= 0.6 is 49.6 Å². The molecule has 0 aliphatic heterocycles. The van der Waals surface area contributed by atoms with Crippen molar-refractivity contribution in [3.8, 4) is 0 Å². The molecule has 0 fully saturated rings. The summed E-state index contributed by atoms with van der Waals surface area (Å²) >= 11 is 0. The van der Waals surface area contributed by atoms with E-state index in [1.165, 1.54) is 38.5 Å². The van der Waals surface area contributed by atoms with Crippen molar-refractivity contribution in [3.05, 3.63) is 0 Å². The van der Waals surface area contributed by atoms with Crippen LogP contribution in [0.2, 0.25) is 0 Å². The summed E-state index contributed by atoms with van der Waals surface area (Å²) in [6.07, 6.45) is 10.3. The zero-order valence-electron chi connectivity index (χ0n) is 13.7. The van der Waals surface area contributed by atoms with Crippen molar-refractivity contribution in [1.29, 1.82) is 0 Å². The highest BCUT2D eigenvalue weighted by atomic mass is 35.5. The Bertz CT molecular complexity index is 141. The van der Waals surface area contributed by atoms with Crippen LogP contribution in [-0.2, 0) is 0 Å². The van der Waals surface area contributed by atoms with Gasteiger partial charge < -0.3 is 22.1 Å². The Labute approximate surface area is 162 Å². The van der Waals surface area contributed by atoms with Crippen molar-refractivity contribution < 1.29 is 0 Å². The predicted molar refractivity (Wildman–Crippen MR) is 110 cm³/mol. The Morgan fingerprint density at radius 3 is 1.00 bits per heavy atom. The van der Waals surface area contributed by atoms with Crippen LogP contribution in [0.3, 0.4) is 0 Å². The van der Waals surface area contributed by atoms with Crippen LogP contribution in [-0.4, -0.2) is 39.3 Å². The van der Waals surface area contributed by atoms with Crippen LogP contribution in [0.15, 0.2) is 0 Å². The minimum absolute atomic E-state index is 0.